The molecule has 0 saturated carbocycles. The summed E-state index contributed by atoms with van der Waals surface area (Å²) < 4.78 is 16.8. The standard InChI is InChI=1S/C29H31ClN4O6/c1-3-5-15-39-23-13-11-22(12-14-23)33-28(36)29(37)34-31-18-20-16-24(30)27(25(17-20)38-4-2)40-19-26(35)32-21-9-7-6-8-10-21/h6-14,16-18H,3-5,15,19H2,1-2H3,(H,32,35)(H,33,36)(H,34,37)/b31-18-. The molecule has 3 amide bonds. The van der Waals surface area contributed by atoms with E-state index in [0.717, 1.165) is 12.8 Å². The van der Waals surface area contributed by atoms with Crippen molar-refractivity contribution in [3.63, 3.8) is 0 Å². The van der Waals surface area contributed by atoms with E-state index in [1.54, 1.807) is 61.5 Å². The number of hydrazone groups is 1. The number of amides is 3. The summed E-state index contributed by atoms with van der Waals surface area (Å²) in [6, 6.07) is 18.8. The SMILES string of the molecule is CCCCOc1ccc(NC(=O)C(=O)N/N=C\c2cc(Cl)c(OCC(=O)Nc3ccccc3)c(OCC)c2)cc1. The smallest absolute Gasteiger partial charge is 0.329 e. The average molecular weight is 567 g/mol. The normalized spacial score (nSPS) is 10.6. The van der Waals surface area contributed by atoms with Crippen LogP contribution in [0.1, 0.15) is 32.3 Å². The zero-order valence-corrected chi connectivity index (χ0v) is 23.0. The minimum Gasteiger partial charge on any atom is -0.494 e. The zero-order chi connectivity index (χ0) is 28.7. The minimum absolute atomic E-state index is 0.172. The Labute approximate surface area is 237 Å². The van der Waals surface area contributed by atoms with E-state index >= 15 is 0 Å². The number of carbonyl (C=O) groups excluding carboxylic acids is 3. The van der Waals surface area contributed by atoms with E-state index in [-0.39, 0.29) is 29.0 Å². The maximum atomic E-state index is 12.3. The lowest BCUT2D eigenvalue weighted by atomic mass is 10.2. The molecule has 10 nitrogen and oxygen atoms in total. The highest BCUT2D eigenvalue weighted by Gasteiger charge is 2.15. The van der Waals surface area contributed by atoms with E-state index in [1.165, 1.54) is 12.3 Å². The molecule has 3 aromatic carbocycles. The van der Waals surface area contributed by atoms with Crippen LogP contribution in [0.15, 0.2) is 71.8 Å². The summed E-state index contributed by atoms with van der Waals surface area (Å²) in [5.74, 6) is -1.06. The molecule has 0 unspecified atom stereocenters. The summed E-state index contributed by atoms with van der Waals surface area (Å²) in [6.45, 7) is 4.50. The Balaban J connectivity index is 1.55. The third-order valence-corrected chi connectivity index (χ3v) is 5.48. The molecule has 0 aliphatic carbocycles. The quantitative estimate of drug-likeness (QED) is 0.115. The predicted molar refractivity (Wildman–Crippen MR) is 154 cm³/mol. The lowest BCUT2D eigenvalue weighted by Crippen LogP contribution is -2.32. The summed E-state index contributed by atoms with van der Waals surface area (Å²) in [6.07, 6.45) is 3.28. The van der Waals surface area contributed by atoms with Gasteiger partial charge < -0.3 is 24.8 Å². The summed E-state index contributed by atoms with van der Waals surface area (Å²) in [4.78, 5) is 36.6. The Morgan fingerprint density at radius 1 is 0.875 bits per heavy atom. The van der Waals surface area contributed by atoms with Gasteiger partial charge in [-0.05, 0) is 67.4 Å². The number of unbranched alkanes of at least 4 members (excludes halogenated alkanes) is 1. The number of nitrogens with zero attached hydrogens (tertiary/aromatic N) is 1. The number of nitrogens with one attached hydrogen (secondary N) is 3. The fourth-order valence-corrected chi connectivity index (χ4v) is 3.57. The van der Waals surface area contributed by atoms with Crippen LogP contribution >= 0.6 is 11.6 Å². The first-order valence-electron chi connectivity index (χ1n) is 12.7. The molecule has 0 aliphatic rings. The summed E-state index contributed by atoms with van der Waals surface area (Å²) in [7, 11) is 0. The molecular formula is C29H31ClN4O6. The Hall–Kier alpha value is -4.57. The maximum Gasteiger partial charge on any atom is 0.329 e. The van der Waals surface area contributed by atoms with Crippen LogP contribution in [0.5, 0.6) is 17.2 Å². The average Bonchev–Trinajstić information content (AvgIpc) is 2.94. The van der Waals surface area contributed by atoms with Gasteiger partial charge in [-0.15, -0.1) is 0 Å². The van der Waals surface area contributed by atoms with Crippen LogP contribution in [0, 0.1) is 0 Å². The van der Waals surface area contributed by atoms with Crippen molar-refractivity contribution in [2.75, 3.05) is 30.5 Å². The van der Waals surface area contributed by atoms with Gasteiger partial charge in [-0.3, -0.25) is 14.4 Å². The molecule has 0 bridgehead atoms. The Morgan fingerprint density at radius 3 is 2.30 bits per heavy atom. The first-order chi connectivity index (χ1) is 19.4. The number of benzene rings is 3. The minimum atomic E-state index is -0.958. The van der Waals surface area contributed by atoms with Gasteiger partial charge in [0.1, 0.15) is 5.75 Å². The number of anilines is 2. The van der Waals surface area contributed by atoms with Gasteiger partial charge in [-0.25, -0.2) is 5.43 Å². The van der Waals surface area contributed by atoms with Gasteiger partial charge in [0, 0.05) is 11.4 Å². The van der Waals surface area contributed by atoms with Crippen molar-refractivity contribution in [3.8, 4) is 17.2 Å². The molecule has 3 N–H and O–H groups in total. The molecule has 210 valence electrons. The number of halogens is 1. The highest BCUT2D eigenvalue weighted by molar-refractivity contribution is 6.39. The van der Waals surface area contributed by atoms with Crippen molar-refractivity contribution in [2.24, 2.45) is 5.10 Å². The third kappa shape index (κ3) is 9.63. The van der Waals surface area contributed by atoms with Crippen LogP contribution in [-0.2, 0) is 14.4 Å². The van der Waals surface area contributed by atoms with E-state index in [4.69, 9.17) is 25.8 Å². The van der Waals surface area contributed by atoms with Crippen LogP contribution in [0.25, 0.3) is 0 Å². The molecule has 40 heavy (non-hydrogen) atoms. The first kappa shape index (κ1) is 30.0. The Bertz CT molecular complexity index is 1320. The van der Waals surface area contributed by atoms with Gasteiger partial charge in [-0.1, -0.05) is 43.1 Å². The molecule has 0 aliphatic heterocycles. The molecular weight excluding hydrogens is 536 g/mol. The predicted octanol–water partition coefficient (Wildman–Crippen LogP) is 5.02. The third-order valence-electron chi connectivity index (χ3n) is 5.20. The molecule has 0 heterocycles. The van der Waals surface area contributed by atoms with Crippen LogP contribution < -0.4 is 30.3 Å². The van der Waals surface area contributed by atoms with Crippen molar-refractivity contribution in [1.29, 1.82) is 0 Å². The van der Waals surface area contributed by atoms with Gasteiger partial charge >= 0.3 is 11.8 Å². The molecule has 3 rings (SSSR count). The number of hydrogen-bond donors (Lipinski definition) is 3. The van der Waals surface area contributed by atoms with E-state index < -0.39 is 11.8 Å². The van der Waals surface area contributed by atoms with Crippen molar-refractivity contribution in [1.82, 2.24) is 5.43 Å². The zero-order valence-electron chi connectivity index (χ0n) is 22.2. The van der Waals surface area contributed by atoms with Gasteiger partial charge in [0.15, 0.2) is 18.1 Å². The molecule has 0 spiro atoms. The second-order valence-electron chi connectivity index (χ2n) is 8.35. The second kappa shape index (κ2) is 15.7. The summed E-state index contributed by atoms with van der Waals surface area (Å²) in [5, 5.41) is 9.22. The van der Waals surface area contributed by atoms with Crippen molar-refractivity contribution in [3.05, 3.63) is 77.3 Å². The van der Waals surface area contributed by atoms with Crippen LogP contribution in [0.2, 0.25) is 5.02 Å². The van der Waals surface area contributed by atoms with Gasteiger partial charge in [0.25, 0.3) is 5.91 Å². The van der Waals surface area contributed by atoms with Crippen LogP contribution in [-0.4, -0.2) is 43.8 Å². The van der Waals surface area contributed by atoms with Crippen molar-refractivity contribution >= 4 is 46.9 Å². The van der Waals surface area contributed by atoms with E-state index in [9.17, 15) is 14.4 Å². The maximum absolute atomic E-state index is 12.3. The lowest BCUT2D eigenvalue weighted by molar-refractivity contribution is -0.136. The molecule has 0 atom stereocenters. The van der Waals surface area contributed by atoms with E-state index in [2.05, 4.69) is 28.1 Å². The number of para-hydroxylation sites is 1. The topological polar surface area (TPSA) is 127 Å². The lowest BCUT2D eigenvalue weighted by Gasteiger charge is -2.14. The molecule has 0 fully saturated rings. The number of carbonyl (C=O) groups is 3. The highest BCUT2D eigenvalue weighted by Crippen LogP contribution is 2.36. The van der Waals surface area contributed by atoms with Gasteiger partial charge in [0.05, 0.1) is 24.5 Å². The molecule has 0 radical (unpaired) electrons. The Kier molecular flexibility index (Phi) is 11.8. The number of hydrogen-bond acceptors (Lipinski definition) is 7. The molecule has 11 heteroatoms. The number of rotatable bonds is 13. The first-order valence-corrected chi connectivity index (χ1v) is 13.1. The molecule has 0 saturated heterocycles. The molecule has 0 aromatic heterocycles. The summed E-state index contributed by atoms with van der Waals surface area (Å²) in [5.41, 5.74) is 3.71. The fourth-order valence-electron chi connectivity index (χ4n) is 3.29. The summed E-state index contributed by atoms with van der Waals surface area (Å²) >= 11 is 6.38. The number of ether oxygens (including phenoxy) is 3. The van der Waals surface area contributed by atoms with Crippen LogP contribution in [0.3, 0.4) is 0 Å². The molecule has 3 aromatic rings. The van der Waals surface area contributed by atoms with Gasteiger partial charge in [0.2, 0.25) is 0 Å². The van der Waals surface area contributed by atoms with Gasteiger partial charge in [-0.2, -0.15) is 5.10 Å². The fraction of sp³-hybridized carbons (Fsp3) is 0.241. The van der Waals surface area contributed by atoms with Crippen molar-refractivity contribution in [2.45, 2.75) is 26.7 Å². The van der Waals surface area contributed by atoms with Crippen LogP contribution in [0.4, 0.5) is 11.4 Å². The largest absolute Gasteiger partial charge is 0.494 e. The van der Waals surface area contributed by atoms with Crippen molar-refractivity contribution < 1.29 is 28.6 Å². The Morgan fingerprint density at radius 2 is 1.60 bits per heavy atom. The monoisotopic (exact) mass is 566 g/mol. The van der Waals surface area contributed by atoms with E-state index in [0.29, 0.717) is 35.9 Å². The second-order valence-corrected chi connectivity index (χ2v) is 8.75. The highest BCUT2D eigenvalue weighted by atomic mass is 35.5. The van der Waals surface area contributed by atoms with E-state index in [1.807, 2.05) is 6.07 Å².